The van der Waals surface area contributed by atoms with Crippen molar-refractivity contribution in [2.45, 2.75) is 25.7 Å². The van der Waals surface area contributed by atoms with E-state index < -0.39 is 5.41 Å². The summed E-state index contributed by atoms with van der Waals surface area (Å²) in [6, 6.07) is 3.52. The summed E-state index contributed by atoms with van der Waals surface area (Å²) < 4.78 is 10.3. The highest BCUT2D eigenvalue weighted by molar-refractivity contribution is 5.95. The number of ether oxygens (including phenoxy) is 2. The first-order chi connectivity index (χ1) is 10.2. The summed E-state index contributed by atoms with van der Waals surface area (Å²) in [5.41, 5.74) is 6.06. The molecule has 0 aromatic carbocycles. The molecular weight excluding hydrogens is 270 g/mol. The number of pyridine rings is 1. The number of carbonyl (C=O) groups is 1. The zero-order chi connectivity index (χ0) is 15.1. The maximum atomic E-state index is 12.4. The Hall–Kier alpha value is -1.66. The first-order valence-corrected chi connectivity index (χ1v) is 7.29. The van der Waals surface area contributed by atoms with Crippen LogP contribution in [0.2, 0.25) is 0 Å². The predicted octanol–water partition coefficient (Wildman–Crippen LogP) is 1.56. The van der Waals surface area contributed by atoms with Gasteiger partial charge in [0.05, 0.1) is 23.9 Å². The van der Waals surface area contributed by atoms with Gasteiger partial charge in [0.15, 0.2) is 0 Å². The topological polar surface area (TPSA) is 86.5 Å². The van der Waals surface area contributed by atoms with Gasteiger partial charge in [-0.3, -0.25) is 4.79 Å². The van der Waals surface area contributed by atoms with Crippen molar-refractivity contribution < 1.29 is 14.3 Å². The zero-order valence-corrected chi connectivity index (χ0v) is 12.4. The second-order valence-electron chi connectivity index (χ2n) is 5.37. The number of amides is 1. The van der Waals surface area contributed by atoms with Crippen LogP contribution in [0.15, 0.2) is 18.3 Å². The number of nitrogens with two attached hydrogens (primary N) is 1. The molecule has 116 valence electrons. The standard InChI is InChI=1S/C15H23N3O3/c1-20-8-9-21-13-5-4-12(10-17-13)18-14(19)15(11-16)6-2-3-7-15/h4-5,10H,2-3,6-9,11,16H2,1H3,(H,18,19). The number of carbonyl (C=O) groups excluding carboxylic acids is 1. The van der Waals surface area contributed by atoms with Gasteiger partial charge in [-0.2, -0.15) is 0 Å². The molecule has 0 aliphatic heterocycles. The smallest absolute Gasteiger partial charge is 0.231 e. The highest BCUT2D eigenvalue weighted by Gasteiger charge is 2.39. The van der Waals surface area contributed by atoms with E-state index in [0.29, 0.717) is 31.3 Å². The first kappa shape index (κ1) is 15.7. The van der Waals surface area contributed by atoms with Crippen LogP contribution in [0.4, 0.5) is 5.69 Å². The summed E-state index contributed by atoms with van der Waals surface area (Å²) in [5.74, 6) is 0.511. The molecule has 1 heterocycles. The molecule has 1 saturated carbocycles. The number of anilines is 1. The lowest BCUT2D eigenvalue weighted by atomic mass is 9.85. The predicted molar refractivity (Wildman–Crippen MR) is 80.2 cm³/mol. The van der Waals surface area contributed by atoms with Gasteiger partial charge >= 0.3 is 0 Å². The van der Waals surface area contributed by atoms with Gasteiger partial charge in [0, 0.05) is 19.7 Å². The molecule has 1 aromatic heterocycles. The third kappa shape index (κ3) is 3.92. The minimum absolute atomic E-state index is 0.00245. The fourth-order valence-electron chi connectivity index (χ4n) is 2.61. The Kier molecular flexibility index (Phi) is 5.52. The van der Waals surface area contributed by atoms with Crippen LogP contribution < -0.4 is 15.8 Å². The quantitative estimate of drug-likeness (QED) is 0.745. The second kappa shape index (κ2) is 7.38. The van der Waals surface area contributed by atoms with Crippen molar-refractivity contribution in [2.75, 3.05) is 32.2 Å². The molecule has 1 aliphatic rings. The van der Waals surface area contributed by atoms with Gasteiger partial charge in [0.25, 0.3) is 0 Å². The van der Waals surface area contributed by atoms with E-state index in [4.69, 9.17) is 15.2 Å². The van der Waals surface area contributed by atoms with Crippen LogP contribution >= 0.6 is 0 Å². The molecular formula is C15H23N3O3. The van der Waals surface area contributed by atoms with Gasteiger partial charge in [-0.05, 0) is 18.9 Å². The van der Waals surface area contributed by atoms with Crippen molar-refractivity contribution in [3.05, 3.63) is 18.3 Å². The second-order valence-corrected chi connectivity index (χ2v) is 5.37. The Morgan fingerprint density at radius 3 is 2.71 bits per heavy atom. The number of nitrogens with zero attached hydrogens (tertiary/aromatic N) is 1. The Balaban J connectivity index is 1.92. The van der Waals surface area contributed by atoms with Gasteiger partial charge in [-0.15, -0.1) is 0 Å². The molecule has 1 aromatic rings. The van der Waals surface area contributed by atoms with E-state index in [2.05, 4.69) is 10.3 Å². The maximum absolute atomic E-state index is 12.4. The van der Waals surface area contributed by atoms with Crippen LogP contribution in [0.3, 0.4) is 0 Å². The van der Waals surface area contributed by atoms with E-state index in [1.165, 1.54) is 0 Å². The lowest BCUT2D eigenvalue weighted by Gasteiger charge is -2.25. The molecule has 2 rings (SSSR count). The lowest BCUT2D eigenvalue weighted by Crippen LogP contribution is -2.40. The molecule has 6 nitrogen and oxygen atoms in total. The summed E-state index contributed by atoms with van der Waals surface area (Å²) in [4.78, 5) is 16.6. The number of aromatic nitrogens is 1. The molecule has 21 heavy (non-hydrogen) atoms. The van der Waals surface area contributed by atoms with E-state index in [-0.39, 0.29) is 5.91 Å². The van der Waals surface area contributed by atoms with Crippen molar-refractivity contribution >= 4 is 11.6 Å². The third-order valence-corrected chi connectivity index (χ3v) is 3.96. The van der Waals surface area contributed by atoms with Gasteiger partial charge in [0.1, 0.15) is 6.61 Å². The van der Waals surface area contributed by atoms with Crippen molar-refractivity contribution in [1.82, 2.24) is 4.98 Å². The van der Waals surface area contributed by atoms with E-state index in [9.17, 15) is 4.79 Å². The average molecular weight is 293 g/mol. The van der Waals surface area contributed by atoms with Crippen LogP contribution in [0.1, 0.15) is 25.7 Å². The molecule has 0 radical (unpaired) electrons. The third-order valence-electron chi connectivity index (χ3n) is 3.96. The summed E-state index contributed by atoms with van der Waals surface area (Å²) in [6.45, 7) is 1.36. The Morgan fingerprint density at radius 2 is 2.14 bits per heavy atom. The molecule has 0 spiro atoms. The number of hydrogen-bond donors (Lipinski definition) is 2. The summed E-state index contributed by atoms with van der Waals surface area (Å²) in [7, 11) is 1.62. The minimum atomic E-state index is -0.409. The maximum Gasteiger partial charge on any atom is 0.231 e. The van der Waals surface area contributed by atoms with Crippen molar-refractivity contribution in [3.8, 4) is 5.88 Å². The molecule has 1 aliphatic carbocycles. The van der Waals surface area contributed by atoms with Crippen molar-refractivity contribution in [2.24, 2.45) is 11.1 Å². The van der Waals surface area contributed by atoms with Gasteiger partial charge in [0.2, 0.25) is 11.8 Å². The van der Waals surface area contributed by atoms with E-state index in [1.807, 2.05) is 0 Å². The summed E-state index contributed by atoms with van der Waals surface area (Å²) in [6.07, 6.45) is 5.45. The minimum Gasteiger partial charge on any atom is -0.475 e. The molecule has 1 amide bonds. The highest BCUT2D eigenvalue weighted by Crippen LogP contribution is 2.38. The van der Waals surface area contributed by atoms with Crippen molar-refractivity contribution in [3.63, 3.8) is 0 Å². The fraction of sp³-hybridized carbons (Fsp3) is 0.600. The summed E-state index contributed by atoms with van der Waals surface area (Å²) in [5, 5.41) is 2.91. The van der Waals surface area contributed by atoms with E-state index in [1.54, 1.807) is 25.4 Å². The van der Waals surface area contributed by atoms with Gasteiger partial charge in [-0.1, -0.05) is 12.8 Å². The first-order valence-electron chi connectivity index (χ1n) is 7.29. The Bertz CT molecular complexity index is 456. The molecule has 0 atom stereocenters. The van der Waals surface area contributed by atoms with E-state index in [0.717, 1.165) is 25.7 Å². The van der Waals surface area contributed by atoms with Crippen LogP contribution in [0, 0.1) is 5.41 Å². The Labute approximate surface area is 125 Å². The van der Waals surface area contributed by atoms with Gasteiger partial charge < -0.3 is 20.5 Å². The molecule has 0 bridgehead atoms. The number of nitrogens with one attached hydrogen (secondary N) is 1. The van der Waals surface area contributed by atoms with Crippen LogP contribution in [-0.2, 0) is 9.53 Å². The largest absolute Gasteiger partial charge is 0.475 e. The summed E-state index contributed by atoms with van der Waals surface area (Å²) >= 11 is 0. The number of rotatable bonds is 7. The highest BCUT2D eigenvalue weighted by atomic mass is 16.5. The monoisotopic (exact) mass is 293 g/mol. The molecule has 1 fully saturated rings. The average Bonchev–Trinajstić information content (AvgIpc) is 2.99. The van der Waals surface area contributed by atoms with Crippen LogP contribution in [0.25, 0.3) is 0 Å². The normalized spacial score (nSPS) is 16.7. The number of hydrogen-bond acceptors (Lipinski definition) is 5. The number of methoxy groups -OCH3 is 1. The Morgan fingerprint density at radius 1 is 1.38 bits per heavy atom. The zero-order valence-electron chi connectivity index (χ0n) is 12.4. The van der Waals surface area contributed by atoms with Gasteiger partial charge in [-0.25, -0.2) is 4.98 Å². The molecule has 0 unspecified atom stereocenters. The SMILES string of the molecule is COCCOc1ccc(NC(=O)C2(CN)CCCC2)cn1. The van der Waals surface area contributed by atoms with E-state index >= 15 is 0 Å². The van der Waals surface area contributed by atoms with Crippen LogP contribution in [0.5, 0.6) is 5.88 Å². The molecule has 0 saturated heterocycles. The van der Waals surface area contributed by atoms with Crippen LogP contribution in [-0.4, -0.2) is 37.8 Å². The molecule has 6 heteroatoms. The fourth-order valence-corrected chi connectivity index (χ4v) is 2.61. The lowest BCUT2D eigenvalue weighted by molar-refractivity contribution is -0.124. The molecule has 3 N–H and O–H groups in total. The van der Waals surface area contributed by atoms with Crippen molar-refractivity contribution in [1.29, 1.82) is 0 Å².